The molecule has 6 heteroatoms. The highest BCUT2D eigenvalue weighted by Gasteiger charge is 2.39. The number of hydrogen-bond acceptors (Lipinski definition) is 3. The van der Waals surface area contributed by atoms with Crippen molar-refractivity contribution in [2.24, 2.45) is 5.41 Å². The third-order valence-electron chi connectivity index (χ3n) is 4.33. The quantitative estimate of drug-likeness (QED) is 0.797. The zero-order valence-corrected chi connectivity index (χ0v) is 11.7. The van der Waals surface area contributed by atoms with E-state index in [1.165, 1.54) is 0 Å². The number of nitrogens with zero attached hydrogens (tertiary/aromatic N) is 1. The van der Waals surface area contributed by atoms with E-state index in [1.807, 2.05) is 0 Å². The molecule has 0 unspecified atom stereocenters. The van der Waals surface area contributed by atoms with Gasteiger partial charge in [-0.05, 0) is 24.7 Å². The summed E-state index contributed by atoms with van der Waals surface area (Å²) in [5.74, 6) is -1.05. The highest BCUT2D eigenvalue weighted by Crippen LogP contribution is 2.44. The summed E-state index contributed by atoms with van der Waals surface area (Å²) < 4.78 is 0. The Balaban J connectivity index is 2.00. The van der Waals surface area contributed by atoms with E-state index in [1.54, 1.807) is 4.90 Å². The van der Waals surface area contributed by atoms with Crippen molar-refractivity contribution in [3.8, 4) is 0 Å². The van der Waals surface area contributed by atoms with Crippen LogP contribution in [0.25, 0.3) is 0 Å². The summed E-state index contributed by atoms with van der Waals surface area (Å²) in [6, 6.07) is 0. The fraction of sp³-hybridized carbons (Fsp3) is 0.786. The zero-order chi connectivity index (χ0) is 14.6. The number of carboxylic acid groups (broad SMARTS) is 1. The smallest absolute Gasteiger partial charge is 0.303 e. The molecule has 0 radical (unpaired) electrons. The Morgan fingerprint density at radius 3 is 2.55 bits per heavy atom. The Hall–Kier alpha value is -1.59. The molecule has 1 aliphatic carbocycles. The van der Waals surface area contributed by atoms with Crippen LogP contribution >= 0.6 is 0 Å². The number of rotatable bonds is 4. The van der Waals surface area contributed by atoms with Gasteiger partial charge >= 0.3 is 5.97 Å². The first kappa shape index (κ1) is 14.8. The number of carbonyl (C=O) groups excluding carboxylic acids is 2. The van der Waals surface area contributed by atoms with Crippen molar-refractivity contribution in [3.05, 3.63) is 0 Å². The monoisotopic (exact) mass is 282 g/mol. The van der Waals surface area contributed by atoms with Crippen LogP contribution in [-0.2, 0) is 14.4 Å². The molecule has 0 spiro atoms. The fourth-order valence-corrected chi connectivity index (χ4v) is 3.31. The van der Waals surface area contributed by atoms with E-state index in [9.17, 15) is 14.4 Å². The van der Waals surface area contributed by atoms with Crippen molar-refractivity contribution >= 4 is 17.8 Å². The van der Waals surface area contributed by atoms with E-state index >= 15 is 0 Å². The molecule has 0 bridgehead atoms. The molecule has 0 aromatic rings. The standard InChI is InChI=1S/C14H22N2O4/c17-11-10-16(7-3-6-15-11)12(18)8-14(9-13(19)20)4-1-2-5-14/h1-10H2,(H,15,17)(H,19,20). The molecule has 2 N–H and O–H groups in total. The molecule has 1 saturated heterocycles. The molecule has 2 fully saturated rings. The number of nitrogens with one attached hydrogen (secondary N) is 1. The third-order valence-corrected chi connectivity index (χ3v) is 4.33. The number of carbonyl (C=O) groups is 3. The summed E-state index contributed by atoms with van der Waals surface area (Å²) in [7, 11) is 0. The average molecular weight is 282 g/mol. The molecule has 0 aromatic carbocycles. The SMILES string of the molecule is O=C(O)CC1(CC(=O)N2CCCNC(=O)C2)CCCC1. The van der Waals surface area contributed by atoms with Crippen molar-refractivity contribution in [3.63, 3.8) is 0 Å². The van der Waals surface area contributed by atoms with Crippen LogP contribution in [0.5, 0.6) is 0 Å². The molecule has 112 valence electrons. The van der Waals surface area contributed by atoms with Gasteiger partial charge < -0.3 is 15.3 Å². The minimum absolute atomic E-state index is 0.0543. The number of hydrogen-bond donors (Lipinski definition) is 2. The van der Waals surface area contributed by atoms with Crippen molar-refractivity contribution in [2.75, 3.05) is 19.6 Å². The lowest BCUT2D eigenvalue weighted by Gasteiger charge is -2.29. The van der Waals surface area contributed by atoms with Gasteiger partial charge in [0.15, 0.2) is 0 Å². The number of carboxylic acids is 1. The maximum absolute atomic E-state index is 12.4. The van der Waals surface area contributed by atoms with Gasteiger partial charge in [0.25, 0.3) is 0 Å². The lowest BCUT2D eigenvalue weighted by Crippen LogP contribution is -2.40. The van der Waals surface area contributed by atoms with Gasteiger partial charge in [-0.15, -0.1) is 0 Å². The third kappa shape index (κ3) is 3.71. The molecule has 2 aliphatic rings. The molecule has 0 atom stereocenters. The second-order valence-electron chi connectivity index (χ2n) is 5.97. The molecule has 20 heavy (non-hydrogen) atoms. The van der Waals surface area contributed by atoms with Gasteiger partial charge in [-0.25, -0.2) is 0 Å². The summed E-state index contributed by atoms with van der Waals surface area (Å²) in [5.41, 5.74) is -0.397. The zero-order valence-electron chi connectivity index (χ0n) is 11.7. The maximum atomic E-state index is 12.4. The maximum Gasteiger partial charge on any atom is 0.303 e. The first-order valence-corrected chi connectivity index (χ1v) is 7.27. The normalized spacial score (nSPS) is 22.2. The molecule has 1 saturated carbocycles. The minimum Gasteiger partial charge on any atom is -0.481 e. The molecular formula is C14H22N2O4. The average Bonchev–Trinajstić information content (AvgIpc) is 2.68. The van der Waals surface area contributed by atoms with Crippen LogP contribution in [0, 0.1) is 5.41 Å². The van der Waals surface area contributed by atoms with E-state index in [0.29, 0.717) is 13.1 Å². The molecular weight excluding hydrogens is 260 g/mol. The van der Waals surface area contributed by atoms with Crippen LogP contribution in [0.4, 0.5) is 0 Å². The molecule has 6 nitrogen and oxygen atoms in total. The Morgan fingerprint density at radius 1 is 1.20 bits per heavy atom. The largest absolute Gasteiger partial charge is 0.481 e. The van der Waals surface area contributed by atoms with Gasteiger partial charge in [0, 0.05) is 19.5 Å². The van der Waals surface area contributed by atoms with Crippen molar-refractivity contribution < 1.29 is 19.5 Å². The Labute approximate surface area is 118 Å². The Bertz CT molecular complexity index is 402. The van der Waals surface area contributed by atoms with Gasteiger partial charge in [0.1, 0.15) is 0 Å². The second-order valence-corrected chi connectivity index (χ2v) is 5.97. The Morgan fingerprint density at radius 2 is 1.90 bits per heavy atom. The van der Waals surface area contributed by atoms with Gasteiger partial charge in [0.2, 0.25) is 11.8 Å². The van der Waals surface area contributed by atoms with E-state index in [2.05, 4.69) is 5.32 Å². The van der Waals surface area contributed by atoms with Crippen LogP contribution in [0.2, 0.25) is 0 Å². The predicted molar refractivity (Wildman–Crippen MR) is 72.0 cm³/mol. The van der Waals surface area contributed by atoms with Gasteiger partial charge in [0.05, 0.1) is 13.0 Å². The van der Waals surface area contributed by atoms with Crippen LogP contribution in [0.3, 0.4) is 0 Å². The summed E-state index contributed by atoms with van der Waals surface area (Å²) in [5, 5.41) is 11.8. The summed E-state index contributed by atoms with van der Waals surface area (Å²) >= 11 is 0. The van der Waals surface area contributed by atoms with Crippen molar-refractivity contribution in [1.29, 1.82) is 0 Å². The minimum atomic E-state index is -0.840. The number of amides is 2. The van der Waals surface area contributed by atoms with Crippen LogP contribution < -0.4 is 5.32 Å². The van der Waals surface area contributed by atoms with E-state index in [0.717, 1.165) is 32.1 Å². The molecule has 2 amide bonds. The lowest BCUT2D eigenvalue weighted by atomic mass is 9.79. The van der Waals surface area contributed by atoms with E-state index in [4.69, 9.17) is 5.11 Å². The predicted octanol–water partition coefficient (Wildman–Crippen LogP) is 0.760. The number of aliphatic carboxylic acids is 1. The molecule has 0 aromatic heterocycles. The van der Waals surface area contributed by atoms with Gasteiger partial charge in [-0.2, -0.15) is 0 Å². The van der Waals surface area contributed by atoms with Crippen molar-refractivity contribution in [1.82, 2.24) is 10.2 Å². The second kappa shape index (κ2) is 6.24. The van der Waals surface area contributed by atoms with E-state index in [-0.39, 0.29) is 31.2 Å². The van der Waals surface area contributed by atoms with E-state index < -0.39 is 11.4 Å². The van der Waals surface area contributed by atoms with Crippen molar-refractivity contribution in [2.45, 2.75) is 44.9 Å². The van der Waals surface area contributed by atoms with Gasteiger partial charge in [-0.1, -0.05) is 12.8 Å². The van der Waals surface area contributed by atoms with Gasteiger partial charge in [-0.3, -0.25) is 14.4 Å². The lowest BCUT2D eigenvalue weighted by molar-refractivity contribution is -0.142. The van der Waals surface area contributed by atoms with Crippen LogP contribution in [-0.4, -0.2) is 47.4 Å². The highest BCUT2D eigenvalue weighted by molar-refractivity contribution is 5.85. The molecule has 1 aliphatic heterocycles. The fourth-order valence-electron chi connectivity index (χ4n) is 3.31. The molecule has 1 heterocycles. The first-order chi connectivity index (χ1) is 9.51. The summed E-state index contributed by atoms with van der Waals surface area (Å²) in [4.78, 5) is 36.5. The molecule has 2 rings (SSSR count). The van der Waals surface area contributed by atoms with Crippen LogP contribution in [0.15, 0.2) is 0 Å². The first-order valence-electron chi connectivity index (χ1n) is 7.27. The topological polar surface area (TPSA) is 86.7 Å². The Kier molecular flexibility index (Phi) is 4.62. The van der Waals surface area contributed by atoms with Crippen LogP contribution in [0.1, 0.15) is 44.9 Å². The summed E-state index contributed by atoms with van der Waals surface area (Å²) in [6.07, 6.45) is 4.63. The summed E-state index contributed by atoms with van der Waals surface area (Å²) in [6.45, 7) is 1.27. The highest BCUT2D eigenvalue weighted by atomic mass is 16.4.